The topological polar surface area (TPSA) is 35.5 Å². The van der Waals surface area contributed by atoms with Gasteiger partial charge >= 0.3 is 0 Å². The zero-order valence-electron chi connectivity index (χ0n) is 14.4. The Labute approximate surface area is 171 Å². The molecule has 27 heavy (non-hydrogen) atoms. The molecule has 1 heterocycles. The van der Waals surface area contributed by atoms with E-state index < -0.39 is 0 Å². The van der Waals surface area contributed by atoms with Gasteiger partial charge in [0, 0.05) is 5.56 Å². The molecule has 0 spiro atoms. The Balaban J connectivity index is 1.78. The number of benzene rings is 2. The average molecular weight is 419 g/mol. The minimum Gasteiger partial charge on any atom is -0.496 e. The normalized spacial score (nSPS) is 10.9. The van der Waals surface area contributed by atoms with Crippen LogP contribution in [-0.2, 0) is 6.61 Å². The molecule has 3 rings (SSSR count). The molecule has 0 aliphatic rings. The van der Waals surface area contributed by atoms with E-state index in [1.807, 2.05) is 29.6 Å². The fourth-order valence-electron chi connectivity index (χ4n) is 2.46. The van der Waals surface area contributed by atoms with Crippen LogP contribution in [0, 0.1) is 0 Å². The van der Waals surface area contributed by atoms with E-state index in [-0.39, 0.29) is 12.4 Å². The number of methoxy groups -OCH3 is 1. The summed E-state index contributed by atoms with van der Waals surface area (Å²) < 4.78 is 11.2. The van der Waals surface area contributed by atoms with Crippen molar-refractivity contribution in [3.63, 3.8) is 0 Å². The van der Waals surface area contributed by atoms with Crippen molar-refractivity contribution in [1.82, 2.24) is 0 Å². The SMILES string of the molecule is COc1ccc(/C=C/C(=O)c2cccs2)cc1COc1c(Cl)cccc1Cl. The zero-order chi connectivity index (χ0) is 19.2. The number of hydrogen-bond donors (Lipinski definition) is 0. The number of thiophene rings is 1. The first-order chi connectivity index (χ1) is 13.1. The van der Waals surface area contributed by atoms with E-state index in [0.29, 0.717) is 26.4 Å². The minimum absolute atomic E-state index is 0.0264. The largest absolute Gasteiger partial charge is 0.496 e. The molecule has 0 saturated carbocycles. The molecule has 3 aromatic rings. The van der Waals surface area contributed by atoms with E-state index in [2.05, 4.69) is 0 Å². The Morgan fingerprint density at radius 3 is 2.56 bits per heavy atom. The molecule has 0 atom stereocenters. The lowest BCUT2D eigenvalue weighted by atomic mass is 10.1. The van der Waals surface area contributed by atoms with Crippen molar-refractivity contribution in [2.24, 2.45) is 0 Å². The molecule has 2 aromatic carbocycles. The number of ether oxygens (including phenoxy) is 2. The number of rotatable bonds is 7. The quantitative estimate of drug-likeness (QED) is 0.322. The maximum absolute atomic E-state index is 12.1. The summed E-state index contributed by atoms with van der Waals surface area (Å²) in [4.78, 5) is 12.8. The highest BCUT2D eigenvalue weighted by Gasteiger charge is 2.10. The average Bonchev–Trinajstić information content (AvgIpc) is 3.20. The molecule has 138 valence electrons. The number of halogens is 2. The molecular weight excluding hydrogens is 403 g/mol. The van der Waals surface area contributed by atoms with Crippen LogP contribution in [0.25, 0.3) is 6.08 Å². The van der Waals surface area contributed by atoms with Crippen LogP contribution in [0.5, 0.6) is 11.5 Å². The second-order valence-electron chi connectivity index (χ2n) is 5.59. The summed E-state index contributed by atoms with van der Waals surface area (Å²) in [7, 11) is 1.59. The van der Waals surface area contributed by atoms with Gasteiger partial charge in [0.2, 0.25) is 0 Å². The summed E-state index contributed by atoms with van der Waals surface area (Å²) in [6.07, 6.45) is 3.33. The Morgan fingerprint density at radius 2 is 1.89 bits per heavy atom. The lowest BCUT2D eigenvalue weighted by molar-refractivity contribution is 0.105. The van der Waals surface area contributed by atoms with Crippen LogP contribution >= 0.6 is 34.5 Å². The molecule has 3 nitrogen and oxygen atoms in total. The molecule has 0 N–H and O–H groups in total. The monoisotopic (exact) mass is 418 g/mol. The third kappa shape index (κ3) is 4.92. The standard InChI is InChI=1S/C21H16Cl2O3S/c1-25-19-10-8-14(7-9-18(24)20-6-3-11-27-20)12-15(19)13-26-21-16(22)4-2-5-17(21)23/h2-12H,13H2,1H3/b9-7+. The highest BCUT2D eigenvalue weighted by molar-refractivity contribution is 7.12. The predicted molar refractivity (Wildman–Crippen MR) is 111 cm³/mol. The highest BCUT2D eigenvalue weighted by atomic mass is 35.5. The first-order valence-corrected chi connectivity index (χ1v) is 9.71. The molecule has 0 aliphatic heterocycles. The molecule has 0 fully saturated rings. The number of para-hydroxylation sites is 1. The first kappa shape index (κ1) is 19.5. The van der Waals surface area contributed by atoms with Crippen LogP contribution in [0.1, 0.15) is 20.8 Å². The van der Waals surface area contributed by atoms with Crippen LogP contribution in [0.4, 0.5) is 0 Å². The van der Waals surface area contributed by atoms with Gasteiger partial charge in [-0.15, -0.1) is 11.3 Å². The van der Waals surface area contributed by atoms with E-state index in [1.165, 1.54) is 11.3 Å². The molecular formula is C21H16Cl2O3S. The lowest BCUT2D eigenvalue weighted by Crippen LogP contribution is -2.00. The van der Waals surface area contributed by atoms with Crippen molar-refractivity contribution in [2.75, 3.05) is 7.11 Å². The van der Waals surface area contributed by atoms with E-state index in [1.54, 1.807) is 43.5 Å². The fraction of sp³-hybridized carbons (Fsp3) is 0.0952. The molecule has 0 unspecified atom stereocenters. The molecule has 6 heteroatoms. The second kappa shape index (κ2) is 9.09. The van der Waals surface area contributed by atoms with Gasteiger partial charge in [0.15, 0.2) is 11.5 Å². The molecule has 1 aromatic heterocycles. The van der Waals surface area contributed by atoms with Crippen molar-refractivity contribution in [2.45, 2.75) is 6.61 Å². The summed E-state index contributed by atoms with van der Waals surface area (Å²) in [5.74, 6) is 1.08. The van der Waals surface area contributed by atoms with E-state index in [9.17, 15) is 4.79 Å². The van der Waals surface area contributed by atoms with Gasteiger partial charge in [0.05, 0.1) is 22.0 Å². The number of hydrogen-bond acceptors (Lipinski definition) is 4. The third-order valence-electron chi connectivity index (χ3n) is 3.79. The molecule has 0 bridgehead atoms. The van der Waals surface area contributed by atoms with E-state index in [4.69, 9.17) is 32.7 Å². The fourth-order valence-corrected chi connectivity index (χ4v) is 3.61. The van der Waals surface area contributed by atoms with Gasteiger partial charge in [-0.25, -0.2) is 0 Å². The van der Waals surface area contributed by atoms with Crippen molar-refractivity contribution in [3.8, 4) is 11.5 Å². The van der Waals surface area contributed by atoms with Crippen LogP contribution in [-0.4, -0.2) is 12.9 Å². The van der Waals surface area contributed by atoms with Gasteiger partial charge in [0.25, 0.3) is 0 Å². The van der Waals surface area contributed by atoms with Crippen LogP contribution in [0.2, 0.25) is 10.0 Å². The molecule has 0 saturated heterocycles. The van der Waals surface area contributed by atoms with E-state index in [0.717, 1.165) is 11.1 Å². The smallest absolute Gasteiger partial charge is 0.195 e. The molecule has 0 radical (unpaired) electrons. The van der Waals surface area contributed by atoms with Crippen LogP contribution in [0.3, 0.4) is 0 Å². The van der Waals surface area contributed by atoms with E-state index >= 15 is 0 Å². The maximum atomic E-state index is 12.1. The Morgan fingerprint density at radius 1 is 1.11 bits per heavy atom. The summed E-state index contributed by atoms with van der Waals surface area (Å²) in [6.45, 7) is 0.229. The number of carbonyl (C=O) groups excluding carboxylic acids is 1. The minimum atomic E-state index is -0.0264. The van der Waals surface area contributed by atoms with Gasteiger partial charge in [-0.2, -0.15) is 0 Å². The number of carbonyl (C=O) groups is 1. The van der Waals surface area contributed by atoms with Gasteiger partial charge in [0.1, 0.15) is 12.4 Å². The van der Waals surface area contributed by atoms with Crippen molar-refractivity contribution >= 4 is 46.4 Å². The van der Waals surface area contributed by atoms with Gasteiger partial charge in [-0.05, 0) is 47.4 Å². The summed E-state index contributed by atoms with van der Waals surface area (Å²) in [6, 6.07) is 14.5. The van der Waals surface area contributed by atoms with Crippen molar-refractivity contribution in [1.29, 1.82) is 0 Å². The molecule has 0 aliphatic carbocycles. The summed E-state index contributed by atoms with van der Waals surface area (Å²) in [5, 5.41) is 2.77. The van der Waals surface area contributed by atoms with Gasteiger partial charge in [-0.3, -0.25) is 4.79 Å². The van der Waals surface area contributed by atoms with Crippen LogP contribution < -0.4 is 9.47 Å². The predicted octanol–water partition coefficient (Wildman–Crippen LogP) is 6.54. The highest BCUT2D eigenvalue weighted by Crippen LogP contribution is 2.33. The van der Waals surface area contributed by atoms with Crippen LogP contribution in [0.15, 0.2) is 60.0 Å². The second-order valence-corrected chi connectivity index (χ2v) is 7.35. The zero-order valence-corrected chi connectivity index (χ0v) is 16.8. The number of ketones is 1. The lowest BCUT2D eigenvalue weighted by Gasteiger charge is -2.13. The first-order valence-electron chi connectivity index (χ1n) is 8.08. The maximum Gasteiger partial charge on any atom is 0.195 e. The Kier molecular flexibility index (Phi) is 6.56. The Hall–Kier alpha value is -2.27. The van der Waals surface area contributed by atoms with Crippen molar-refractivity contribution < 1.29 is 14.3 Å². The Bertz CT molecular complexity index is 945. The van der Waals surface area contributed by atoms with Gasteiger partial charge in [-0.1, -0.05) is 47.5 Å². The van der Waals surface area contributed by atoms with Crippen molar-refractivity contribution in [3.05, 3.63) is 86.0 Å². The number of allylic oxidation sites excluding steroid dienone is 1. The van der Waals surface area contributed by atoms with Gasteiger partial charge < -0.3 is 9.47 Å². The summed E-state index contributed by atoms with van der Waals surface area (Å²) >= 11 is 13.7. The molecule has 0 amide bonds. The summed E-state index contributed by atoms with van der Waals surface area (Å²) in [5.41, 5.74) is 1.68. The third-order valence-corrected chi connectivity index (χ3v) is 5.27.